The Morgan fingerprint density at radius 2 is 1.73 bits per heavy atom. The third-order valence-electron chi connectivity index (χ3n) is 11.8. The fourth-order valence-corrected chi connectivity index (χ4v) is 9.52. The maximum absolute atomic E-state index is 13.9. The molecule has 1 saturated heterocycles. The maximum atomic E-state index is 13.9. The number of hydrogen-bond donors (Lipinski definition) is 1. The van der Waals surface area contributed by atoms with Crippen molar-refractivity contribution in [2.75, 3.05) is 7.11 Å². The van der Waals surface area contributed by atoms with Gasteiger partial charge in [-0.1, -0.05) is 70.7 Å². The number of epoxide rings is 1. The number of hydrogen-bond acceptors (Lipinski definition) is 11. The third kappa shape index (κ3) is 4.88. The number of esters is 4. The molecule has 3 fully saturated rings. The Bertz CT molecular complexity index is 1640. The van der Waals surface area contributed by atoms with Gasteiger partial charge in [-0.3, -0.25) is 19.2 Å². The molecule has 5 aliphatic rings. The summed E-state index contributed by atoms with van der Waals surface area (Å²) in [5, 5.41) is 10.8. The highest BCUT2D eigenvalue weighted by atomic mass is 16.6. The average molecular weight is 663 g/mol. The van der Waals surface area contributed by atoms with Crippen LogP contribution in [0.25, 0.3) is 0 Å². The lowest BCUT2D eigenvalue weighted by Gasteiger charge is -2.59. The molecule has 1 N–H and O–H groups in total. The number of carbonyl (C=O) groups is 5. The number of allylic oxidation sites excluding steroid dienone is 2. The Morgan fingerprint density at radius 1 is 1.04 bits per heavy atom. The van der Waals surface area contributed by atoms with E-state index in [9.17, 15) is 29.1 Å². The van der Waals surface area contributed by atoms with Crippen molar-refractivity contribution in [1.82, 2.24) is 0 Å². The Labute approximate surface area is 279 Å². The number of aliphatic hydroxyl groups is 1. The minimum absolute atomic E-state index is 0.0790. The molecule has 3 aliphatic carbocycles. The van der Waals surface area contributed by atoms with Crippen molar-refractivity contribution >= 4 is 29.7 Å². The van der Waals surface area contributed by atoms with Gasteiger partial charge in [-0.25, -0.2) is 4.79 Å². The predicted octanol–water partition coefficient (Wildman–Crippen LogP) is 3.57. The van der Waals surface area contributed by atoms with Crippen molar-refractivity contribution in [3.63, 3.8) is 0 Å². The molecule has 0 aromatic heterocycles. The van der Waals surface area contributed by atoms with Crippen LogP contribution in [0.5, 0.6) is 0 Å². The lowest BCUT2D eigenvalue weighted by molar-refractivity contribution is -0.211. The van der Waals surface area contributed by atoms with Gasteiger partial charge < -0.3 is 28.8 Å². The second-order valence-corrected chi connectivity index (χ2v) is 14.6. The van der Waals surface area contributed by atoms with Gasteiger partial charge in [0.2, 0.25) is 6.29 Å². The van der Waals surface area contributed by atoms with Gasteiger partial charge in [0.15, 0.2) is 5.78 Å². The molecule has 0 radical (unpaired) electrons. The minimum Gasteiger partial charge on any atom is -0.469 e. The monoisotopic (exact) mass is 662 g/mol. The minimum atomic E-state index is -1.51. The largest absolute Gasteiger partial charge is 0.469 e. The molecule has 1 aromatic carbocycles. The highest BCUT2D eigenvalue weighted by molar-refractivity contribution is 5.96. The standard InChI is InChI=1S/C37H42O11/c1-19-30(35(5)14-13-25(39)34(3,4)24(35)18-27(40)44-7)31(45-20(2)38)32(46-28(41)15-21-11-9-8-10-12-21)36(6)23(17-26-37(19,36)48-26)22-16-29(42)47-33(22)43/h8-14,16,23-24,26,30-33,43H,1,15,17-18H2,2-7H3/t23-,24-,26+,30+,31+,32-,33-,35-,36+,37+/m0/s1. The fraction of sp³-hybridized carbons (Fsp3) is 0.541. The molecule has 256 valence electrons. The van der Waals surface area contributed by atoms with E-state index in [-0.39, 0.29) is 18.6 Å². The maximum Gasteiger partial charge on any atom is 0.333 e. The summed E-state index contributed by atoms with van der Waals surface area (Å²) >= 11 is 0. The average Bonchev–Trinajstić information content (AvgIpc) is 3.57. The van der Waals surface area contributed by atoms with E-state index < -0.39 is 88.1 Å². The van der Waals surface area contributed by atoms with Gasteiger partial charge >= 0.3 is 23.9 Å². The quantitative estimate of drug-likeness (QED) is 0.188. The third-order valence-corrected chi connectivity index (χ3v) is 11.8. The zero-order valence-electron chi connectivity index (χ0n) is 28.0. The molecule has 48 heavy (non-hydrogen) atoms. The van der Waals surface area contributed by atoms with E-state index in [1.54, 1.807) is 32.1 Å². The fourth-order valence-electron chi connectivity index (χ4n) is 9.52. The van der Waals surface area contributed by atoms with Crippen LogP contribution < -0.4 is 0 Å². The summed E-state index contributed by atoms with van der Waals surface area (Å²) in [6, 6.07) is 9.04. The van der Waals surface area contributed by atoms with Gasteiger partial charge in [-0.15, -0.1) is 0 Å². The molecule has 1 spiro atoms. The van der Waals surface area contributed by atoms with E-state index in [1.165, 1.54) is 26.2 Å². The van der Waals surface area contributed by atoms with E-state index in [0.29, 0.717) is 23.1 Å². The summed E-state index contributed by atoms with van der Waals surface area (Å²) in [5.41, 5.74) is -2.88. The van der Waals surface area contributed by atoms with Crippen LogP contribution in [-0.4, -0.2) is 72.1 Å². The molecule has 2 saturated carbocycles. The highest BCUT2D eigenvalue weighted by Gasteiger charge is 2.84. The van der Waals surface area contributed by atoms with Gasteiger partial charge in [0.05, 0.1) is 31.5 Å². The van der Waals surface area contributed by atoms with Crippen LogP contribution >= 0.6 is 0 Å². The zero-order valence-corrected chi connectivity index (χ0v) is 28.0. The van der Waals surface area contributed by atoms with Gasteiger partial charge in [0, 0.05) is 41.2 Å². The van der Waals surface area contributed by atoms with Crippen LogP contribution in [0.2, 0.25) is 0 Å². The van der Waals surface area contributed by atoms with Crippen LogP contribution in [-0.2, 0) is 54.1 Å². The summed E-state index contributed by atoms with van der Waals surface area (Å²) in [5.74, 6) is -4.70. The molecule has 6 rings (SSSR count). The summed E-state index contributed by atoms with van der Waals surface area (Å²) < 4.78 is 29.3. The molecule has 0 bridgehead atoms. The second-order valence-electron chi connectivity index (χ2n) is 14.6. The van der Waals surface area contributed by atoms with Gasteiger partial charge in [-0.2, -0.15) is 0 Å². The number of methoxy groups -OCH3 is 1. The van der Waals surface area contributed by atoms with Crippen LogP contribution in [0.4, 0.5) is 0 Å². The number of ketones is 1. The van der Waals surface area contributed by atoms with Crippen LogP contribution in [0.1, 0.15) is 53.0 Å². The van der Waals surface area contributed by atoms with Gasteiger partial charge in [-0.05, 0) is 29.6 Å². The van der Waals surface area contributed by atoms with Crippen molar-refractivity contribution < 1.29 is 52.8 Å². The Morgan fingerprint density at radius 3 is 2.33 bits per heavy atom. The van der Waals surface area contributed by atoms with Crippen molar-refractivity contribution in [3.05, 3.63) is 71.8 Å². The first-order valence-electron chi connectivity index (χ1n) is 16.2. The highest BCUT2D eigenvalue weighted by Crippen LogP contribution is 2.76. The number of cyclic esters (lactones) is 1. The van der Waals surface area contributed by atoms with E-state index in [2.05, 4.69) is 6.58 Å². The first-order chi connectivity index (χ1) is 22.5. The molecule has 11 nitrogen and oxygen atoms in total. The van der Waals surface area contributed by atoms with Crippen molar-refractivity contribution in [2.45, 2.75) is 84.1 Å². The molecule has 2 heterocycles. The lowest BCUT2D eigenvalue weighted by Crippen LogP contribution is -2.67. The Balaban J connectivity index is 1.54. The van der Waals surface area contributed by atoms with Crippen molar-refractivity contribution in [1.29, 1.82) is 0 Å². The van der Waals surface area contributed by atoms with Gasteiger partial charge in [0.1, 0.15) is 17.8 Å². The summed E-state index contributed by atoms with van der Waals surface area (Å²) in [4.78, 5) is 65.4. The second kappa shape index (κ2) is 11.5. The topological polar surface area (TPSA) is 155 Å². The summed E-state index contributed by atoms with van der Waals surface area (Å²) in [6.45, 7) is 13.1. The van der Waals surface area contributed by atoms with E-state index in [0.717, 1.165) is 0 Å². The lowest BCUT2D eigenvalue weighted by atomic mass is 9.46. The number of benzene rings is 1. The van der Waals surface area contributed by atoms with Crippen molar-refractivity contribution in [3.8, 4) is 0 Å². The predicted molar refractivity (Wildman–Crippen MR) is 168 cm³/mol. The van der Waals surface area contributed by atoms with Crippen LogP contribution in [0.15, 0.2) is 66.3 Å². The molecule has 0 unspecified atom stereocenters. The SMILES string of the molecule is C=C1[C@@H]([C@@]2(C)C=CC(=O)C(C)(C)[C@@H]2CC(=O)OC)[C@@H](OC(C)=O)[C@H](OC(=O)Cc2ccccc2)[C@@]2(C)[C@H](C3=CC(=O)O[C@@H]3O)C[C@H]3O[C@]132. The van der Waals surface area contributed by atoms with Crippen LogP contribution in [0.3, 0.4) is 0 Å². The molecular formula is C37H42O11. The zero-order chi connectivity index (χ0) is 35.0. The molecule has 10 atom stereocenters. The van der Waals surface area contributed by atoms with Crippen molar-refractivity contribution in [2.24, 2.45) is 34.0 Å². The molecule has 2 aliphatic heterocycles. The smallest absolute Gasteiger partial charge is 0.333 e. The van der Waals surface area contributed by atoms with E-state index in [4.69, 9.17) is 23.7 Å². The van der Waals surface area contributed by atoms with Crippen LogP contribution in [0, 0.1) is 34.0 Å². The normalized spacial score (nSPS) is 39.1. The Kier molecular flexibility index (Phi) is 8.11. The molecular weight excluding hydrogens is 620 g/mol. The van der Waals surface area contributed by atoms with E-state index >= 15 is 0 Å². The number of ether oxygens (including phenoxy) is 5. The molecule has 11 heteroatoms. The summed E-state index contributed by atoms with van der Waals surface area (Å²) in [6.07, 6.45) is 0.302. The molecule has 1 aromatic rings. The van der Waals surface area contributed by atoms with Gasteiger partial charge in [0.25, 0.3) is 0 Å². The first kappa shape index (κ1) is 33.8. The molecule has 0 amide bonds. The number of rotatable bonds is 8. The van der Waals surface area contributed by atoms with E-state index in [1.807, 2.05) is 32.0 Å². The first-order valence-corrected chi connectivity index (χ1v) is 16.2. The Hall–Kier alpha value is -4.09. The summed E-state index contributed by atoms with van der Waals surface area (Å²) in [7, 11) is 1.28. The number of aliphatic hydroxyl groups excluding tert-OH is 1. The number of carbonyl (C=O) groups excluding carboxylic acids is 5.